The van der Waals surface area contributed by atoms with Crippen molar-refractivity contribution in [2.75, 3.05) is 0 Å². The second kappa shape index (κ2) is 9.51. The molecule has 1 aliphatic rings. The minimum absolute atomic E-state index is 0.113. The molecule has 0 saturated carbocycles. The number of thioether (sulfide) groups is 1. The summed E-state index contributed by atoms with van der Waals surface area (Å²) in [5, 5.41) is 14.4. The van der Waals surface area contributed by atoms with Crippen molar-refractivity contribution < 1.29 is 14.5 Å². The molecule has 2 heterocycles. The first kappa shape index (κ1) is 22.0. The maximum Gasteiger partial charge on any atom is 0.287 e. The summed E-state index contributed by atoms with van der Waals surface area (Å²) >= 11 is 10.6. The molecule has 0 atom stereocenters. The quantitative estimate of drug-likeness (QED) is 0.243. The Hall–Kier alpha value is -3.21. The molecule has 11 heteroatoms. The number of nitrogens with one attached hydrogen (secondary N) is 1. The van der Waals surface area contributed by atoms with Crippen LogP contribution in [0.5, 0.6) is 11.6 Å². The van der Waals surface area contributed by atoms with E-state index in [2.05, 4.69) is 31.2 Å². The number of carbonyl (C=O) groups excluding carboxylic acids is 1. The molecule has 1 fully saturated rings. The van der Waals surface area contributed by atoms with Crippen LogP contribution in [0.4, 0.5) is 11.4 Å². The number of ether oxygens (including phenoxy) is 1. The van der Waals surface area contributed by atoms with Gasteiger partial charge < -0.3 is 10.1 Å². The maximum atomic E-state index is 12.3. The predicted molar refractivity (Wildman–Crippen MR) is 127 cm³/mol. The second-order valence-electron chi connectivity index (χ2n) is 6.36. The zero-order valence-electron chi connectivity index (χ0n) is 16.0. The van der Waals surface area contributed by atoms with Crippen LogP contribution in [0.25, 0.3) is 6.08 Å². The van der Waals surface area contributed by atoms with Crippen molar-refractivity contribution >= 4 is 67.8 Å². The van der Waals surface area contributed by atoms with Crippen LogP contribution in [0.1, 0.15) is 5.56 Å². The molecule has 0 unspecified atom stereocenters. The number of nitro groups is 1. The molecule has 4 rings (SSSR count). The Morgan fingerprint density at radius 3 is 2.62 bits per heavy atom. The average Bonchev–Trinajstić information content (AvgIpc) is 3.11. The van der Waals surface area contributed by atoms with Gasteiger partial charge in [0.15, 0.2) is 5.17 Å². The van der Waals surface area contributed by atoms with Crippen LogP contribution in [-0.2, 0) is 4.79 Å². The standard InChI is InChI=1S/C21H12BrClN4O4S/c22-16-7-3-13(10-17(16)23)25-21-26-20(28)18(32-21)9-12-1-5-15(6-2-12)31-19-8-4-14(11-24-19)27(29)30/h1-11H,(H,25,26,28)/b18-9-. The summed E-state index contributed by atoms with van der Waals surface area (Å²) in [6, 6.07) is 15.0. The number of aromatic nitrogens is 1. The van der Waals surface area contributed by atoms with Crippen molar-refractivity contribution in [1.29, 1.82) is 0 Å². The lowest BCUT2D eigenvalue weighted by Gasteiger charge is -2.04. The van der Waals surface area contributed by atoms with Gasteiger partial charge in [-0.2, -0.15) is 0 Å². The van der Waals surface area contributed by atoms with E-state index in [1.807, 2.05) is 0 Å². The van der Waals surface area contributed by atoms with Gasteiger partial charge >= 0.3 is 0 Å². The Kier molecular flexibility index (Phi) is 6.54. The van der Waals surface area contributed by atoms with E-state index >= 15 is 0 Å². The molecule has 0 bridgehead atoms. The molecule has 32 heavy (non-hydrogen) atoms. The van der Waals surface area contributed by atoms with Crippen LogP contribution in [0.3, 0.4) is 0 Å². The molecule has 0 spiro atoms. The van der Waals surface area contributed by atoms with Gasteiger partial charge in [0.05, 0.1) is 20.5 Å². The lowest BCUT2D eigenvalue weighted by molar-refractivity contribution is -0.385. The fourth-order valence-electron chi connectivity index (χ4n) is 2.60. The largest absolute Gasteiger partial charge is 0.439 e. The highest BCUT2D eigenvalue weighted by molar-refractivity contribution is 9.10. The third-order valence-corrected chi connectivity index (χ3v) is 6.26. The minimum atomic E-state index is -0.527. The normalized spacial score (nSPS) is 15.8. The number of hydrogen-bond donors (Lipinski definition) is 1. The first-order valence-electron chi connectivity index (χ1n) is 9.00. The Bertz CT molecular complexity index is 1260. The number of amides is 1. The summed E-state index contributed by atoms with van der Waals surface area (Å²) in [6.45, 7) is 0. The van der Waals surface area contributed by atoms with Crippen LogP contribution >= 0.6 is 39.3 Å². The highest BCUT2D eigenvalue weighted by atomic mass is 79.9. The first-order chi connectivity index (χ1) is 15.4. The number of pyridine rings is 1. The Morgan fingerprint density at radius 2 is 1.97 bits per heavy atom. The number of amidine groups is 1. The molecule has 1 N–H and O–H groups in total. The third-order valence-electron chi connectivity index (χ3n) is 4.12. The van der Waals surface area contributed by atoms with Gasteiger partial charge in [-0.05, 0) is 69.7 Å². The molecule has 1 amide bonds. The average molecular weight is 532 g/mol. The van der Waals surface area contributed by atoms with E-state index in [1.165, 1.54) is 23.9 Å². The van der Waals surface area contributed by atoms with Crippen LogP contribution in [0.15, 0.2) is 75.2 Å². The van der Waals surface area contributed by atoms with Crippen molar-refractivity contribution in [2.45, 2.75) is 0 Å². The first-order valence-corrected chi connectivity index (χ1v) is 11.0. The van der Waals surface area contributed by atoms with Gasteiger partial charge in [-0.1, -0.05) is 23.7 Å². The maximum absolute atomic E-state index is 12.3. The summed E-state index contributed by atoms with van der Waals surface area (Å²) < 4.78 is 6.36. The number of rotatable bonds is 5. The van der Waals surface area contributed by atoms with Gasteiger partial charge in [0, 0.05) is 16.6 Å². The van der Waals surface area contributed by atoms with Gasteiger partial charge in [-0.15, -0.1) is 0 Å². The lowest BCUT2D eigenvalue weighted by atomic mass is 10.2. The van der Waals surface area contributed by atoms with Crippen LogP contribution < -0.4 is 10.1 Å². The van der Waals surface area contributed by atoms with Crippen LogP contribution in [0, 0.1) is 10.1 Å². The number of nitrogens with zero attached hydrogens (tertiary/aromatic N) is 3. The highest BCUT2D eigenvalue weighted by Crippen LogP contribution is 2.31. The molecule has 3 aromatic rings. The zero-order valence-corrected chi connectivity index (χ0v) is 19.1. The zero-order chi connectivity index (χ0) is 22.7. The molecule has 0 aliphatic carbocycles. The van der Waals surface area contributed by atoms with E-state index in [-0.39, 0.29) is 17.5 Å². The number of carbonyl (C=O) groups is 1. The van der Waals surface area contributed by atoms with Gasteiger partial charge in [0.2, 0.25) is 5.88 Å². The predicted octanol–water partition coefficient (Wildman–Crippen LogP) is 6.09. The molecule has 1 aliphatic heterocycles. The minimum Gasteiger partial charge on any atom is -0.439 e. The van der Waals surface area contributed by atoms with E-state index in [0.29, 0.717) is 26.5 Å². The highest BCUT2D eigenvalue weighted by Gasteiger charge is 2.23. The van der Waals surface area contributed by atoms with Crippen LogP contribution in [-0.4, -0.2) is 21.0 Å². The van der Waals surface area contributed by atoms with E-state index < -0.39 is 4.92 Å². The monoisotopic (exact) mass is 530 g/mol. The molecule has 160 valence electrons. The van der Waals surface area contributed by atoms with Crippen molar-refractivity contribution in [3.63, 3.8) is 0 Å². The molecule has 1 saturated heterocycles. The van der Waals surface area contributed by atoms with E-state index in [9.17, 15) is 14.9 Å². The number of hydrogen-bond acceptors (Lipinski definition) is 7. The van der Waals surface area contributed by atoms with E-state index in [1.54, 1.807) is 48.5 Å². The van der Waals surface area contributed by atoms with Gasteiger partial charge in [0.25, 0.3) is 11.6 Å². The summed E-state index contributed by atoms with van der Waals surface area (Å²) in [4.78, 5) is 31.3. The van der Waals surface area contributed by atoms with Gasteiger partial charge in [-0.3, -0.25) is 14.9 Å². The fourth-order valence-corrected chi connectivity index (χ4v) is 3.86. The molecule has 0 radical (unpaired) electrons. The topological polar surface area (TPSA) is 107 Å². The molecular weight excluding hydrogens is 520 g/mol. The van der Waals surface area contributed by atoms with Crippen LogP contribution in [0.2, 0.25) is 5.02 Å². The SMILES string of the molecule is O=C1NC(=Nc2ccc(Br)c(Cl)c2)S/C1=C\c1ccc(Oc2ccc([N+](=O)[O-])cn2)cc1. The number of aliphatic imine (C=N–C) groups is 1. The van der Waals surface area contributed by atoms with E-state index in [4.69, 9.17) is 16.3 Å². The van der Waals surface area contributed by atoms with Crippen molar-refractivity contribution in [1.82, 2.24) is 10.3 Å². The smallest absolute Gasteiger partial charge is 0.287 e. The van der Waals surface area contributed by atoms with Gasteiger partial charge in [0.1, 0.15) is 11.9 Å². The van der Waals surface area contributed by atoms with Crippen molar-refractivity contribution in [2.24, 2.45) is 4.99 Å². The summed E-state index contributed by atoms with van der Waals surface area (Å²) in [5.74, 6) is 0.500. The molecular formula is C21H12BrClN4O4S. The fraction of sp³-hybridized carbons (Fsp3) is 0. The second-order valence-corrected chi connectivity index (χ2v) is 8.66. The Labute approximate surface area is 199 Å². The van der Waals surface area contributed by atoms with Crippen molar-refractivity contribution in [3.05, 3.63) is 90.9 Å². The number of halogens is 2. The molecule has 2 aromatic carbocycles. The number of benzene rings is 2. The van der Waals surface area contributed by atoms with Crippen molar-refractivity contribution in [3.8, 4) is 11.6 Å². The lowest BCUT2D eigenvalue weighted by Crippen LogP contribution is -2.19. The Morgan fingerprint density at radius 1 is 1.19 bits per heavy atom. The third kappa shape index (κ3) is 5.34. The summed E-state index contributed by atoms with van der Waals surface area (Å²) in [5.41, 5.74) is 1.31. The summed E-state index contributed by atoms with van der Waals surface area (Å²) in [6.07, 6.45) is 2.87. The molecule has 8 nitrogen and oxygen atoms in total. The Balaban J connectivity index is 1.44. The summed E-state index contributed by atoms with van der Waals surface area (Å²) in [7, 11) is 0. The molecule has 1 aromatic heterocycles. The van der Waals surface area contributed by atoms with Gasteiger partial charge in [-0.25, -0.2) is 9.98 Å². The van der Waals surface area contributed by atoms with E-state index in [0.717, 1.165) is 16.2 Å².